The molecule has 6 heteroatoms. The minimum Gasteiger partial charge on any atom is -0.478 e. The highest BCUT2D eigenvalue weighted by molar-refractivity contribution is 7.99. The van der Waals surface area contributed by atoms with Gasteiger partial charge in [-0.1, -0.05) is 6.07 Å². The molecule has 1 N–H and O–H groups in total. The Hall–Kier alpha value is -1.27. The van der Waals surface area contributed by atoms with Gasteiger partial charge in [-0.3, -0.25) is 0 Å². The van der Waals surface area contributed by atoms with Gasteiger partial charge in [0.15, 0.2) is 0 Å². The minimum absolute atomic E-state index is 0.00822. The van der Waals surface area contributed by atoms with Crippen molar-refractivity contribution >= 4 is 33.1 Å². The minimum atomic E-state index is -3.47. The standard InChI is InChI=1S/C11H10O4S2/c1-16-5-8-6-17(14,15)10-4-7(11(12)13)2-3-9(8)10/h2-4,6H,5H2,1H3,(H,12,13). The van der Waals surface area contributed by atoms with E-state index in [0.717, 1.165) is 5.57 Å². The molecule has 1 aromatic carbocycles. The van der Waals surface area contributed by atoms with Crippen LogP contribution < -0.4 is 0 Å². The maximum Gasteiger partial charge on any atom is 0.335 e. The Morgan fingerprint density at radius 3 is 2.71 bits per heavy atom. The van der Waals surface area contributed by atoms with Crippen molar-refractivity contribution in [2.24, 2.45) is 0 Å². The quantitative estimate of drug-likeness (QED) is 0.908. The van der Waals surface area contributed by atoms with Crippen molar-refractivity contribution in [3.05, 3.63) is 34.7 Å². The number of rotatable bonds is 3. The first-order valence-corrected chi connectivity index (χ1v) is 7.72. The summed E-state index contributed by atoms with van der Waals surface area (Å²) in [5.74, 6) is -0.528. The summed E-state index contributed by atoms with van der Waals surface area (Å²) in [5, 5.41) is 10.1. The van der Waals surface area contributed by atoms with Crippen LogP contribution in [0, 0.1) is 0 Å². The molecule has 4 nitrogen and oxygen atoms in total. The molecular formula is C11H10O4S2. The van der Waals surface area contributed by atoms with Crippen molar-refractivity contribution < 1.29 is 18.3 Å². The molecule has 1 heterocycles. The highest BCUT2D eigenvalue weighted by Crippen LogP contribution is 2.35. The lowest BCUT2D eigenvalue weighted by atomic mass is 10.1. The van der Waals surface area contributed by atoms with E-state index in [0.29, 0.717) is 11.3 Å². The lowest BCUT2D eigenvalue weighted by molar-refractivity contribution is 0.0696. The van der Waals surface area contributed by atoms with E-state index < -0.39 is 15.8 Å². The molecule has 0 saturated carbocycles. The van der Waals surface area contributed by atoms with E-state index in [1.54, 1.807) is 6.07 Å². The van der Waals surface area contributed by atoms with Crippen LogP contribution in [-0.4, -0.2) is 31.5 Å². The van der Waals surface area contributed by atoms with Crippen LogP contribution in [0.1, 0.15) is 15.9 Å². The first-order chi connectivity index (χ1) is 7.95. The van der Waals surface area contributed by atoms with Gasteiger partial charge < -0.3 is 5.11 Å². The monoisotopic (exact) mass is 270 g/mol. The molecule has 1 aliphatic rings. The molecule has 0 bridgehead atoms. The molecule has 0 radical (unpaired) electrons. The molecule has 0 aromatic heterocycles. The van der Waals surface area contributed by atoms with E-state index >= 15 is 0 Å². The fraction of sp³-hybridized carbons (Fsp3) is 0.182. The molecule has 0 amide bonds. The highest BCUT2D eigenvalue weighted by Gasteiger charge is 2.27. The van der Waals surface area contributed by atoms with E-state index in [9.17, 15) is 13.2 Å². The number of sulfone groups is 1. The highest BCUT2D eigenvalue weighted by atomic mass is 32.2. The number of benzene rings is 1. The molecule has 0 atom stereocenters. The zero-order valence-electron chi connectivity index (χ0n) is 9.00. The van der Waals surface area contributed by atoms with Gasteiger partial charge in [-0.25, -0.2) is 13.2 Å². The van der Waals surface area contributed by atoms with Crippen molar-refractivity contribution in [1.82, 2.24) is 0 Å². The van der Waals surface area contributed by atoms with Crippen LogP contribution in [0.25, 0.3) is 5.57 Å². The van der Waals surface area contributed by atoms with Crippen molar-refractivity contribution in [2.45, 2.75) is 4.90 Å². The molecule has 0 spiro atoms. The molecule has 1 aromatic rings. The van der Waals surface area contributed by atoms with Gasteiger partial charge in [0.05, 0.1) is 10.5 Å². The van der Waals surface area contributed by atoms with E-state index in [1.165, 1.54) is 29.3 Å². The van der Waals surface area contributed by atoms with E-state index in [1.807, 2.05) is 6.26 Å². The lowest BCUT2D eigenvalue weighted by Gasteiger charge is -2.03. The van der Waals surface area contributed by atoms with Gasteiger partial charge in [-0.05, 0) is 29.5 Å². The SMILES string of the molecule is CSCC1=CS(=O)(=O)c2cc(C(=O)O)ccc21. The molecule has 90 valence electrons. The second kappa shape index (κ2) is 4.19. The largest absolute Gasteiger partial charge is 0.478 e. The number of carboxylic acids is 1. The van der Waals surface area contributed by atoms with E-state index in [-0.39, 0.29) is 10.5 Å². The number of aromatic carboxylic acids is 1. The van der Waals surface area contributed by atoms with Crippen LogP contribution >= 0.6 is 11.8 Å². The summed E-state index contributed by atoms with van der Waals surface area (Å²) < 4.78 is 23.7. The third-order valence-electron chi connectivity index (χ3n) is 2.48. The van der Waals surface area contributed by atoms with Crippen LogP contribution in [0.15, 0.2) is 28.5 Å². The summed E-state index contributed by atoms with van der Waals surface area (Å²) in [7, 11) is -3.47. The van der Waals surface area contributed by atoms with Crippen molar-refractivity contribution in [3.8, 4) is 0 Å². The smallest absolute Gasteiger partial charge is 0.335 e. The average Bonchev–Trinajstić information content (AvgIpc) is 2.51. The summed E-state index contributed by atoms with van der Waals surface area (Å²) in [6.07, 6.45) is 1.89. The fourth-order valence-electron chi connectivity index (χ4n) is 1.74. The second-order valence-electron chi connectivity index (χ2n) is 3.64. The summed E-state index contributed by atoms with van der Waals surface area (Å²) in [5.41, 5.74) is 1.33. The normalized spacial score (nSPS) is 16.4. The van der Waals surface area contributed by atoms with Gasteiger partial charge in [0.1, 0.15) is 0 Å². The number of carbonyl (C=O) groups is 1. The Morgan fingerprint density at radius 2 is 2.12 bits per heavy atom. The Kier molecular flexibility index (Phi) is 3.01. The van der Waals surface area contributed by atoms with Gasteiger partial charge in [-0.15, -0.1) is 0 Å². The average molecular weight is 270 g/mol. The Bertz CT molecular complexity index is 614. The third kappa shape index (κ3) is 2.10. The zero-order valence-corrected chi connectivity index (χ0v) is 10.6. The maximum atomic E-state index is 11.8. The number of hydrogen-bond donors (Lipinski definition) is 1. The number of thioether (sulfide) groups is 1. The van der Waals surface area contributed by atoms with Crippen LogP contribution in [0.3, 0.4) is 0 Å². The van der Waals surface area contributed by atoms with Gasteiger partial charge in [0, 0.05) is 11.2 Å². The first kappa shape index (κ1) is 12.2. The molecule has 1 aliphatic heterocycles. The van der Waals surface area contributed by atoms with E-state index in [2.05, 4.69) is 0 Å². The zero-order chi connectivity index (χ0) is 12.6. The van der Waals surface area contributed by atoms with E-state index in [4.69, 9.17) is 5.11 Å². The van der Waals surface area contributed by atoms with Crippen molar-refractivity contribution in [1.29, 1.82) is 0 Å². The molecule has 0 fully saturated rings. The maximum absolute atomic E-state index is 11.8. The molecule has 0 aliphatic carbocycles. The van der Waals surface area contributed by atoms with Gasteiger partial charge >= 0.3 is 5.97 Å². The van der Waals surface area contributed by atoms with Crippen LogP contribution in [0.2, 0.25) is 0 Å². The summed E-state index contributed by atoms with van der Waals surface area (Å²) in [4.78, 5) is 10.9. The Balaban J connectivity index is 2.60. The summed E-state index contributed by atoms with van der Waals surface area (Å²) >= 11 is 1.52. The molecule has 0 unspecified atom stereocenters. The van der Waals surface area contributed by atoms with Crippen molar-refractivity contribution in [2.75, 3.05) is 12.0 Å². The molecular weight excluding hydrogens is 260 g/mol. The number of fused-ring (bicyclic) bond motifs is 1. The summed E-state index contributed by atoms with van der Waals surface area (Å²) in [6, 6.07) is 4.21. The van der Waals surface area contributed by atoms with Crippen LogP contribution in [0.5, 0.6) is 0 Å². The van der Waals surface area contributed by atoms with Gasteiger partial charge in [0.2, 0.25) is 9.84 Å². The summed E-state index contributed by atoms with van der Waals surface area (Å²) in [6.45, 7) is 0. The van der Waals surface area contributed by atoms with Gasteiger partial charge in [0.25, 0.3) is 0 Å². The van der Waals surface area contributed by atoms with Crippen molar-refractivity contribution in [3.63, 3.8) is 0 Å². The third-order valence-corrected chi connectivity index (χ3v) is 4.62. The lowest BCUT2D eigenvalue weighted by Crippen LogP contribution is -2.00. The molecule has 0 saturated heterocycles. The number of carboxylic acid groups (broad SMARTS) is 1. The second-order valence-corrected chi connectivity index (χ2v) is 6.27. The Labute approximate surface area is 103 Å². The predicted molar refractivity (Wildman–Crippen MR) is 66.9 cm³/mol. The van der Waals surface area contributed by atoms with Gasteiger partial charge in [-0.2, -0.15) is 11.8 Å². The van der Waals surface area contributed by atoms with Crippen LogP contribution in [0.4, 0.5) is 0 Å². The molecule has 17 heavy (non-hydrogen) atoms. The first-order valence-electron chi connectivity index (χ1n) is 4.78. The fourth-order valence-corrected chi connectivity index (χ4v) is 3.90. The Morgan fingerprint density at radius 1 is 1.41 bits per heavy atom. The van der Waals surface area contributed by atoms with Crippen LogP contribution in [-0.2, 0) is 9.84 Å². The topological polar surface area (TPSA) is 71.4 Å². The number of hydrogen-bond acceptors (Lipinski definition) is 4. The predicted octanol–water partition coefficient (Wildman–Crippen LogP) is 1.88. The molecule has 2 rings (SSSR count).